The second-order valence-corrected chi connectivity index (χ2v) is 3.32. The van der Waals surface area contributed by atoms with Crippen molar-refractivity contribution in [2.75, 3.05) is 0 Å². The summed E-state index contributed by atoms with van der Waals surface area (Å²) in [6.45, 7) is 4.26. The maximum absolute atomic E-state index is 11.4. The van der Waals surface area contributed by atoms with Gasteiger partial charge in [-0.2, -0.15) is 0 Å². The molecule has 0 fully saturated rings. The molecule has 3 heteroatoms. The van der Waals surface area contributed by atoms with Crippen LogP contribution in [0.3, 0.4) is 0 Å². The number of nitrogens with zero attached hydrogens (tertiary/aromatic N) is 2. The average molecular weight is 199 g/mol. The van der Waals surface area contributed by atoms with Crippen molar-refractivity contribution < 1.29 is 0 Å². The van der Waals surface area contributed by atoms with Gasteiger partial charge >= 0.3 is 0 Å². The van der Waals surface area contributed by atoms with Crippen LogP contribution in [0.2, 0.25) is 0 Å². The number of pyridine rings is 2. The van der Waals surface area contributed by atoms with Crippen LogP contribution in [0.15, 0.2) is 47.5 Å². The third kappa shape index (κ3) is 2.31. The third-order valence-corrected chi connectivity index (χ3v) is 2.12. The SMILES string of the molecule is [CH2]c1ccc(Cn2ccccc2=O)nc1. The molecule has 0 atom stereocenters. The third-order valence-electron chi connectivity index (χ3n) is 2.12. The minimum absolute atomic E-state index is 0.0157. The Hall–Kier alpha value is -1.90. The molecule has 75 valence electrons. The molecule has 3 nitrogen and oxygen atoms in total. The molecule has 0 aromatic carbocycles. The molecular weight excluding hydrogens is 188 g/mol. The summed E-state index contributed by atoms with van der Waals surface area (Å²) in [6.07, 6.45) is 3.45. The van der Waals surface area contributed by atoms with Crippen LogP contribution in [0.25, 0.3) is 0 Å². The topological polar surface area (TPSA) is 34.9 Å². The lowest BCUT2D eigenvalue weighted by Crippen LogP contribution is -2.18. The fraction of sp³-hybridized carbons (Fsp3) is 0.0833. The van der Waals surface area contributed by atoms with E-state index in [1.165, 1.54) is 6.07 Å². The van der Waals surface area contributed by atoms with E-state index in [1.54, 1.807) is 23.0 Å². The van der Waals surface area contributed by atoms with Gasteiger partial charge in [0.15, 0.2) is 0 Å². The predicted octanol–water partition coefficient (Wildman–Crippen LogP) is 1.47. The quantitative estimate of drug-likeness (QED) is 0.734. The van der Waals surface area contributed by atoms with Crippen LogP contribution in [0, 0.1) is 6.92 Å². The summed E-state index contributed by atoms with van der Waals surface area (Å²) < 4.78 is 1.62. The molecule has 2 aromatic rings. The Morgan fingerprint density at radius 1 is 1.27 bits per heavy atom. The normalized spacial score (nSPS) is 10.2. The Labute approximate surface area is 88.0 Å². The van der Waals surface area contributed by atoms with Crippen molar-refractivity contribution in [2.45, 2.75) is 6.54 Å². The number of hydrogen-bond donors (Lipinski definition) is 0. The summed E-state index contributed by atoms with van der Waals surface area (Å²) in [5.41, 5.74) is 1.72. The first-order valence-electron chi connectivity index (χ1n) is 4.68. The van der Waals surface area contributed by atoms with Crippen molar-refractivity contribution in [3.63, 3.8) is 0 Å². The maximum Gasteiger partial charge on any atom is 0.250 e. The molecule has 0 bridgehead atoms. The van der Waals surface area contributed by atoms with Gasteiger partial charge in [-0.1, -0.05) is 12.1 Å². The maximum atomic E-state index is 11.4. The van der Waals surface area contributed by atoms with E-state index in [2.05, 4.69) is 11.9 Å². The lowest BCUT2D eigenvalue weighted by molar-refractivity contribution is 0.739. The van der Waals surface area contributed by atoms with E-state index < -0.39 is 0 Å². The summed E-state index contributed by atoms with van der Waals surface area (Å²) in [5, 5.41) is 0. The fourth-order valence-electron chi connectivity index (χ4n) is 1.31. The molecule has 0 amide bonds. The number of rotatable bonds is 2. The van der Waals surface area contributed by atoms with Gasteiger partial charge in [0.25, 0.3) is 5.56 Å². The molecule has 0 spiro atoms. The van der Waals surface area contributed by atoms with Crippen LogP contribution in [0.4, 0.5) is 0 Å². The van der Waals surface area contributed by atoms with Gasteiger partial charge in [0, 0.05) is 18.5 Å². The highest BCUT2D eigenvalue weighted by Crippen LogP contribution is 1.99. The van der Waals surface area contributed by atoms with E-state index in [9.17, 15) is 4.79 Å². The molecule has 2 heterocycles. The lowest BCUT2D eigenvalue weighted by atomic mass is 10.3. The summed E-state index contributed by atoms with van der Waals surface area (Å²) in [6, 6.07) is 8.86. The van der Waals surface area contributed by atoms with E-state index in [4.69, 9.17) is 0 Å². The van der Waals surface area contributed by atoms with Gasteiger partial charge in [0.05, 0.1) is 12.2 Å². The van der Waals surface area contributed by atoms with Gasteiger partial charge in [-0.05, 0) is 24.6 Å². The molecule has 15 heavy (non-hydrogen) atoms. The van der Waals surface area contributed by atoms with Crippen molar-refractivity contribution in [3.8, 4) is 0 Å². The Morgan fingerprint density at radius 3 is 2.80 bits per heavy atom. The smallest absolute Gasteiger partial charge is 0.250 e. The van der Waals surface area contributed by atoms with Crippen LogP contribution in [-0.4, -0.2) is 9.55 Å². The zero-order chi connectivity index (χ0) is 10.7. The van der Waals surface area contributed by atoms with Gasteiger partial charge in [-0.25, -0.2) is 0 Å². The molecule has 0 unspecified atom stereocenters. The summed E-state index contributed by atoms with van der Waals surface area (Å²) in [7, 11) is 0. The molecule has 2 aromatic heterocycles. The minimum Gasteiger partial charge on any atom is -0.310 e. The lowest BCUT2D eigenvalue weighted by Gasteiger charge is -2.04. The second kappa shape index (κ2) is 4.09. The highest BCUT2D eigenvalue weighted by atomic mass is 16.1. The fourth-order valence-corrected chi connectivity index (χ4v) is 1.31. The van der Waals surface area contributed by atoms with Crippen molar-refractivity contribution in [2.24, 2.45) is 0 Å². The standard InChI is InChI=1S/C12H11N2O/c1-10-5-6-11(13-8-10)9-14-7-3-2-4-12(14)15/h2-8H,1,9H2. The summed E-state index contributed by atoms with van der Waals surface area (Å²) in [5.74, 6) is 0. The monoisotopic (exact) mass is 199 g/mol. The van der Waals surface area contributed by atoms with Crippen LogP contribution < -0.4 is 5.56 Å². The largest absolute Gasteiger partial charge is 0.310 e. The molecule has 0 aliphatic carbocycles. The molecule has 2 rings (SSSR count). The highest BCUT2D eigenvalue weighted by Gasteiger charge is 1.97. The average Bonchev–Trinajstić information content (AvgIpc) is 2.25. The van der Waals surface area contributed by atoms with E-state index in [0.29, 0.717) is 6.54 Å². The van der Waals surface area contributed by atoms with Gasteiger partial charge < -0.3 is 4.57 Å². The first-order chi connectivity index (χ1) is 7.25. The minimum atomic E-state index is -0.0157. The van der Waals surface area contributed by atoms with E-state index in [-0.39, 0.29) is 5.56 Å². The Bertz CT molecular complexity index is 500. The Balaban J connectivity index is 2.26. The Kier molecular flexibility index (Phi) is 2.63. The van der Waals surface area contributed by atoms with Crippen molar-refractivity contribution in [1.29, 1.82) is 0 Å². The van der Waals surface area contributed by atoms with Gasteiger partial charge in [-0.15, -0.1) is 0 Å². The zero-order valence-electron chi connectivity index (χ0n) is 8.26. The van der Waals surface area contributed by atoms with Gasteiger partial charge in [-0.3, -0.25) is 9.78 Å². The van der Waals surface area contributed by atoms with E-state index >= 15 is 0 Å². The van der Waals surface area contributed by atoms with Crippen LogP contribution >= 0.6 is 0 Å². The number of hydrogen-bond acceptors (Lipinski definition) is 2. The number of aromatic nitrogens is 2. The van der Waals surface area contributed by atoms with Gasteiger partial charge in [0.1, 0.15) is 0 Å². The first-order valence-corrected chi connectivity index (χ1v) is 4.68. The van der Waals surface area contributed by atoms with Crippen molar-refractivity contribution >= 4 is 0 Å². The van der Waals surface area contributed by atoms with Crippen LogP contribution in [0.1, 0.15) is 11.3 Å². The second-order valence-electron chi connectivity index (χ2n) is 3.32. The van der Waals surface area contributed by atoms with Gasteiger partial charge in [0.2, 0.25) is 0 Å². The first kappa shape index (κ1) is 9.65. The molecule has 0 saturated heterocycles. The molecular formula is C12H11N2O. The summed E-state index contributed by atoms with van der Waals surface area (Å²) in [4.78, 5) is 15.6. The Morgan fingerprint density at radius 2 is 2.13 bits per heavy atom. The van der Waals surface area contributed by atoms with E-state index in [0.717, 1.165) is 11.3 Å². The zero-order valence-corrected chi connectivity index (χ0v) is 8.26. The van der Waals surface area contributed by atoms with Crippen LogP contribution in [0.5, 0.6) is 0 Å². The van der Waals surface area contributed by atoms with Crippen molar-refractivity contribution in [3.05, 3.63) is 71.3 Å². The molecule has 0 N–H and O–H groups in total. The van der Waals surface area contributed by atoms with E-state index in [1.807, 2.05) is 18.2 Å². The molecule has 0 saturated carbocycles. The summed E-state index contributed by atoms with van der Waals surface area (Å²) >= 11 is 0. The highest BCUT2D eigenvalue weighted by molar-refractivity contribution is 5.16. The molecule has 0 aliphatic heterocycles. The predicted molar refractivity (Wildman–Crippen MR) is 58.5 cm³/mol. The van der Waals surface area contributed by atoms with Crippen LogP contribution in [-0.2, 0) is 6.54 Å². The van der Waals surface area contributed by atoms with Crippen molar-refractivity contribution in [1.82, 2.24) is 9.55 Å². The molecule has 1 radical (unpaired) electrons. The molecule has 0 aliphatic rings.